The average Bonchev–Trinajstić information content (AvgIpc) is 3.05. The molecule has 1 unspecified atom stereocenters. The van der Waals surface area contributed by atoms with E-state index >= 15 is 0 Å². The third-order valence-electron chi connectivity index (χ3n) is 4.60. The first-order valence-corrected chi connectivity index (χ1v) is 9.81. The third kappa shape index (κ3) is 4.18. The van der Waals surface area contributed by atoms with Crippen LogP contribution in [0, 0.1) is 0 Å². The van der Waals surface area contributed by atoms with E-state index in [0.29, 0.717) is 6.42 Å². The Morgan fingerprint density at radius 2 is 2.32 bits per heavy atom. The predicted molar refractivity (Wildman–Crippen MR) is 101 cm³/mol. The summed E-state index contributed by atoms with van der Waals surface area (Å²) < 4.78 is 13.4. The summed E-state index contributed by atoms with van der Waals surface area (Å²) >= 11 is 10.2. The van der Waals surface area contributed by atoms with Gasteiger partial charge in [-0.05, 0) is 66.1 Å². The Morgan fingerprint density at radius 1 is 1.48 bits per heavy atom. The second-order valence-electron chi connectivity index (χ2n) is 6.28. The van der Waals surface area contributed by atoms with Crippen LogP contribution in [-0.4, -0.2) is 29.5 Å². The molecule has 1 aromatic carbocycles. The van der Waals surface area contributed by atoms with Crippen LogP contribution in [-0.2, 0) is 20.7 Å². The Kier molecular flexibility index (Phi) is 6.36. The van der Waals surface area contributed by atoms with E-state index in [4.69, 9.17) is 16.3 Å². The number of esters is 1. The number of benzene rings is 1. The van der Waals surface area contributed by atoms with Gasteiger partial charge < -0.3 is 9.47 Å². The predicted octanol–water partition coefficient (Wildman–Crippen LogP) is 5.04. The molecule has 2 aromatic rings. The summed E-state index contributed by atoms with van der Waals surface area (Å²) in [6, 6.07) is 1.97. The fraction of sp³-hybridized carbons (Fsp3) is 0.556. The summed E-state index contributed by atoms with van der Waals surface area (Å²) in [7, 11) is 1.41. The Morgan fingerprint density at radius 3 is 3.04 bits per heavy atom. The van der Waals surface area contributed by atoms with E-state index in [9.17, 15) is 4.79 Å². The average molecular weight is 430 g/mol. The highest BCUT2D eigenvalue weighted by Crippen LogP contribution is 2.36. The largest absolute Gasteiger partial charge is 0.469 e. The van der Waals surface area contributed by atoms with Crippen molar-refractivity contribution >= 4 is 44.4 Å². The third-order valence-corrected chi connectivity index (χ3v) is 5.84. The van der Waals surface area contributed by atoms with Crippen LogP contribution in [0.25, 0.3) is 10.9 Å². The van der Waals surface area contributed by atoms with Gasteiger partial charge in [0.15, 0.2) is 6.23 Å². The van der Waals surface area contributed by atoms with Crippen molar-refractivity contribution in [2.45, 2.75) is 51.2 Å². The minimum absolute atomic E-state index is 0.0138. The summed E-state index contributed by atoms with van der Waals surface area (Å²) in [4.78, 5) is 11.2. The molecule has 1 atom stereocenters. The van der Waals surface area contributed by atoms with Gasteiger partial charge in [-0.15, -0.1) is 0 Å². The number of hydrogen-bond donors (Lipinski definition) is 0. The lowest BCUT2D eigenvalue weighted by molar-refractivity contribution is -0.140. The number of nitrogens with zero attached hydrogens (tertiary/aromatic N) is 2. The Balaban J connectivity index is 1.78. The lowest BCUT2D eigenvalue weighted by Crippen LogP contribution is -2.18. The summed E-state index contributed by atoms with van der Waals surface area (Å²) in [5, 5.41) is 6.30. The molecule has 7 heteroatoms. The van der Waals surface area contributed by atoms with E-state index < -0.39 is 0 Å². The van der Waals surface area contributed by atoms with E-state index in [0.717, 1.165) is 71.1 Å². The highest BCUT2D eigenvalue weighted by molar-refractivity contribution is 9.10. The lowest BCUT2D eigenvalue weighted by atomic mass is 10.0. The molecule has 1 aliphatic heterocycles. The number of rotatable bonds is 6. The van der Waals surface area contributed by atoms with Crippen LogP contribution < -0.4 is 0 Å². The van der Waals surface area contributed by atoms with Crippen LogP contribution in [0.4, 0.5) is 0 Å². The molecule has 3 rings (SSSR count). The minimum atomic E-state index is -0.172. The van der Waals surface area contributed by atoms with E-state index in [1.165, 1.54) is 7.11 Å². The molecule has 0 aliphatic carbocycles. The molecule has 0 spiro atoms. The highest BCUT2D eigenvalue weighted by atomic mass is 79.9. The van der Waals surface area contributed by atoms with Crippen molar-refractivity contribution in [2.24, 2.45) is 0 Å². The zero-order valence-electron chi connectivity index (χ0n) is 14.3. The van der Waals surface area contributed by atoms with Crippen molar-refractivity contribution < 1.29 is 14.3 Å². The number of aromatic nitrogens is 2. The number of hydrogen-bond acceptors (Lipinski definition) is 4. The molecule has 25 heavy (non-hydrogen) atoms. The number of unbranched alkanes of at least 4 members (excludes halogenated alkanes) is 1. The Hall–Kier alpha value is -1.11. The monoisotopic (exact) mass is 428 g/mol. The van der Waals surface area contributed by atoms with Gasteiger partial charge in [0.25, 0.3) is 0 Å². The van der Waals surface area contributed by atoms with Crippen LogP contribution in [0.3, 0.4) is 0 Å². The number of carbonyl (C=O) groups excluding carboxylic acids is 1. The second-order valence-corrected chi connectivity index (χ2v) is 7.48. The van der Waals surface area contributed by atoms with Crippen molar-refractivity contribution in [3.8, 4) is 0 Å². The molecule has 1 fully saturated rings. The van der Waals surface area contributed by atoms with Gasteiger partial charge in [0.1, 0.15) is 0 Å². The standard InChI is InChI=1S/C18H22BrClN2O3/c1-24-17(23)8-3-2-6-12-14(20)10-15-13(18(12)19)11-21-22(15)16-7-4-5-9-25-16/h10-11,16H,2-9H2,1H3. The van der Waals surface area contributed by atoms with Crippen LogP contribution in [0.15, 0.2) is 16.7 Å². The molecule has 0 amide bonds. The Bertz CT molecular complexity index is 756. The molecule has 0 radical (unpaired) electrons. The summed E-state index contributed by atoms with van der Waals surface area (Å²) in [6.45, 7) is 0.777. The van der Waals surface area contributed by atoms with Crippen molar-refractivity contribution in [3.05, 3.63) is 27.3 Å². The smallest absolute Gasteiger partial charge is 0.305 e. The number of carbonyl (C=O) groups is 1. The summed E-state index contributed by atoms with van der Waals surface area (Å²) in [5.74, 6) is -0.172. The van der Waals surface area contributed by atoms with Gasteiger partial charge in [0, 0.05) is 27.9 Å². The van der Waals surface area contributed by atoms with Crippen molar-refractivity contribution in [2.75, 3.05) is 13.7 Å². The zero-order valence-corrected chi connectivity index (χ0v) is 16.6. The van der Waals surface area contributed by atoms with E-state index in [1.54, 1.807) is 0 Å². The van der Waals surface area contributed by atoms with Crippen molar-refractivity contribution in [1.82, 2.24) is 9.78 Å². The summed E-state index contributed by atoms with van der Waals surface area (Å²) in [5.41, 5.74) is 2.05. The lowest BCUT2D eigenvalue weighted by Gasteiger charge is -2.23. The van der Waals surface area contributed by atoms with Crippen molar-refractivity contribution in [3.63, 3.8) is 0 Å². The van der Waals surface area contributed by atoms with Gasteiger partial charge in [-0.25, -0.2) is 4.68 Å². The first-order chi connectivity index (χ1) is 12.1. The number of halogens is 2. The van der Waals surface area contributed by atoms with E-state index in [1.807, 2.05) is 16.9 Å². The van der Waals surface area contributed by atoms with Crippen LogP contribution in [0.1, 0.15) is 50.3 Å². The zero-order chi connectivity index (χ0) is 17.8. The molecule has 5 nitrogen and oxygen atoms in total. The van der Waals surface area contributed by atoms with Gasteiger partial charge in [0.05, 0.1) is 18.8 Å². The van der Waals surface area contributed by atoms with Crippen LogP contribution in [0.2, 0.25) is 5.02 Å². The molecule has 2 heterocycles. The van der Waals surface area contributed by atoms with Gasteiger partial charge >= 0.3 is 5.97 Å². The fourth-order valence-electron chi connectivity index (χ4n) is 3.21. The highest BCUT2D eigenvalue weighted by Gasteiger charge is 2.21. The molecule has 1 saturated heterocycles. The Labute approximate surface area is 160 Å². The molecule has 1 aliphatic rings. The minimum Gasteiger partial charge on any atom is -0.469 e. The molecule has 0 bridgehead atoms. The number of ether oxygens (including phenoxy) is 2. The van der Waals surface area contributed by atoms with Gasteiger partial charge in [-0.1, -0.05) is 11.6 Å². The van der Waals surface area contributed by atoms with Gasteiger partial charge in [-0.3, -0.25) is 4.79 Å². The number of methoxy groups -OCH3 is 1. The first-order valence-electron chi connectivity index (χ1n) is 8.64. The quantitative estimate of drug-likeness (QED) is 0.477. The van der Waals surface area contributed by atoms with E-state index in [-0.39, 0.29) is 12.2 Å². The first kappa shape index (κ1) is 18.7. The normalized spacial score (nSPS) is 17.8. The maximum Gasteiger partial charge on any atom is 0.305 e. The molecular weight excluding hydrogens is 408 g/mol. The van der Waals surface area contributed by atoms with Crippen LogP contribution in [0.5, 0.6) is 0 Å². The molecule has 1 aromatic heterocycles. The molecule has 0 N–H and O–H groups in total. The van der Waals surface area contributed by atoms with Crippen molar-refractivity contribution in [1.29, 1.82) is 0 Å². The van der Waals surface area contributed by atoms with Gasteiger partial charge in [-0.2, -0.15) is 5.10 Å². The maximum atomic E-state index is 11.2. The van der Waals surface area contributed by atoms with E-state index in [2.05, 4.69) is 25.8 Å². The number of fused-ring (bicyclic) bond motifs is 1. The van der Waals surface area contributed by atoms with Crippen LogP contribution >= 0.6 is 27.5 Å². The maximum absolute atomic E-state index is 11.2. The molecule has 136 valence electrons. The second kappa shape index (κ2) is 8.52. The van der Waals surface area contributed by atoms with Gasteiger partial charge in [0.2, 0.25) is 0 Å². The fourth-order valence-corrected chi connectivity index (χ4v) is 4.33. The SMILES string of the molecule is COC(=O)CCCCc1c(Cl)cc2c(cnn2C2CCCCO2)c1Br. The summed E-state index contributed by atoms with van der Waals surface area (Å²) in [6.07, 6.45) is 7.98. The topological polar surface area (TPSA) is 53.3 Å². The molecule has 0 saturated carbocycles. The molecular formula is C18H22BrClN2O3.